The second-order valence-corrected chi connectivity index (χ2v) is 2.62. The van der Waals surface area contributed by atoms with Gasteiger partial charge in [0.15, 0.2) is 0 Å². The van der Waals surface area contributed by atoms with Gasteiger partial charge in [0.25, 0.3) is 0 Å². The standard InChI is InChI=1S/C10H14F2/c1-4-5-6-10(9(3)12)7-8(2)11/h7H,2-6H2,1H3/b10-7-. The lowest BCUT2D eigenvalue weighted by atomic mass is 10.1. The van der Waals surface area contributed by atoms with E-state index in [4.69, 9.17) is 0 Å². The summed E-state index contributed by atoms with van der Waals surface area (Å²) in [6, 6.07) is 0. The van der Waals surface area contributed by atoms with Gasteiger partial charge in [-0.3, -0.25) is 0 Å². The van der Waals surface area contributed by atoms with Gasteiger partial charge in [0.1, 0.15) is 11.7 Å². The van der Waals surface area contributed by atoms with Crippen molar-refractivity contribution < 1.29 is 8.78 Å². The van der Waals surface area contributed by atoms with Crippen molar-refractivity contribution in [3.05, 3.63) is 36.5 Å². The summed E-state index contributed by atoms with van der Waals surface area (Å²) < 4.78 is 24.8. The fraction of sp³-hybridized carbons (Fsp3) is 0.400. The summed E-state index contributed by atoms with van der Waals surface area (Å²) in [5.41, 5.74) is 0.310. The third kappa shape index (κ3) is 4.83. The maximum atomic E-state index is 12.6. The third-order valence-electron chi connectivity index (χ3n) is 1.48. The summed E-state index contributed by atoms with van der Waals surface area (Å²) in [7, 11) is 0. The van der Waals surface area contributed by atoms with Gasteiger partial charge in [-0.05, 0) is 24.5 Å². The molecule has 12 heavy (non-hydrogen) atoms. The fourth-order valence-corrected chi connectivity index (χ4v) is 0.842. The largest absolute Gasteiger partial charge is 0.208 e. The lowest BCUT2D eigenvalue weighted by Gasteiger charge is -2.01. The van der Waals surface area contributed by atoms with E-state index in [1.54, 1.807) is 0 Å². The summed E-state index contributed by atoms with van der Waals surface area (Å²) in [5.74, 6) is -1.19. The minimum Gasteiger partial charge on any atom is -0.208 e. The molecule has 0 aromatic carbocycles. The first-order valence-corrected chi connectivity index (χ1v) is 3.97. The fourth-order valence-electron chi connectivity index (χ4n) is 0.842. The first-order valence-electron chi connectivity index (χ1n) is 3.97. The molecule has 68 valence electrons. The van der Waals surface area contributed by atoms with Crippen LogP contribution in [0.4, 0.5) is 8.78 Å². The summed E-state index contributed by atoms with van der Waals surface area (Å²) in [5, 5.41) is 0. The Kier molecular flexibility index (Phi) is 5.26. The van der Waals surface area contributed by atoms with Gasteiger partial charge >= 0.3 is 0 Å². The Morgan fingerprint density at radius 3 is 2.25 bits per heavy atom. The molecule has 0 aromatic heterocycles. The summed E-state index contributed by atoms with van der Waals surface area (Å²) in [6.45, 7) is 8.14. The van der Waals surface area contributed by atoms with Crippen LogP contribution in [0.25, 0.3) is 0 Å². The average Bonchev–Trinajstić information content (AvgIpc) is 1.96. The predicted molar refractivity (Wildman–Crippen MR) is 48.1 cm³/mol. The number of hydrogen-bond donors (Lipinski definition) is 0. The van der Waals surface area contributed by atoms with Crippen LogP contribution in [0.5, 0.6) is 0 Å². The molecule has 0 aliphatic carbocycles. The zero-order chi connectivity index (χ0) is 9.56. The van der Waals surface area contributed by atoms with Gasteiger partial charge in [-0.25, -0.2) is 8.78 Å². The Bertz CT molecular complexity index is 202. The van der Waals surface area contributed by atoms with E-state index in [1.165, 1.54) is 0 Å². The topological polar surface area (TPSA) is 0 Å². The van der Waals surface area contributed by atoms with Crippen molar-refractivity contribution >= 4 is 0 Å². The number of allylic oxidation sites excluding steroid dienone is 4. The predicted octanol–water partition coefficient (Wildman–Crippen LogP) is 4.07. The van der Waals surface area contributed by atoms with E-state index in [0.717, 1.165) is 18.9 Å². The van der Waals surface area contributed by atoms with Crippen LogP contribution >= 0.6 is 0 Å². The molecule has 0 amide bonds. The van der Waals surface area contributed by atoms with Crippen molar-refractivity contribution in [2.45, 2.75) is 26.2 Å². The molecule has 0 fully saturated rings. The zero-order valence-corrected chi connectivity index (χ0v) is 7.37. The van der Waals surface area contributed by atoms with E-state index < -0.39 is 11.7 Å². The SMILES string of the molecule is C=C(F)/C=C(/CCCC)C(=C)F. The molecule has 0 nitrogen and oxygen atoms in total. The smallest absolute Gasteiger partial charge is 0.119 e. The van der Waals surface area contributed by atoms with Gasteiger partial charge in [-0.1, -0.05) is 26.5 Å². The van der Waals surface area contributed by atoms with Crippen LogP contribution in [0.2, 0.25) is 0 Å². The van der Waals surface area contributed by atoms with E-state index in [-0.39, 0.29) is 0 Å². The van der Waals surface area contributed by atoms with Gasteiger partial charge < -0.3 is 0 Å². The number of rotatable bonds is 5. The third-order valence-corrected chi connectivity index (χ3v) is 1.48. The first-order chi connectivity index (χ1) is 5.57. The Hall–Kier alpha value is -0.920. The highest BCUT2D eigenvalue weighted by atomic mass is 19.1. The Balaban J connectivity index is 4.23. The van der Waals surface area contributed by atoms with E-state index in [9.17, 15) is 8.78 Å². The van der Waals surface area contributed by atoms with Crippen LogP contribution in [0.1, 0.15) is 26.2 Å². The normalized spacial score (nSPS) is 11.4. The highest BCUT2D eigenvalue weighted by molar-refractivity contribution is 5.28. The Morgan fingerprint density at radius 1 is 1.33 bits per heavy atom. The van der Waals surface area contributed by atoms with Crippen LogP contribution in [0, 0.1) is 0 Å². The molecule has 0 atom stereocenters. The molecular formula is C10H14F2. The minimum absolute atomic E-state index is 0.310. The maximum Gasteiger partial charge on any atom is 0.119 e. The van der Waals surface area contributed by atoms with Crippen LogP contribution in [0.3, 0.4) is 0 Å². The lowest BCUT2D eigenvalue weighted by molar-refractivity contribution is 0.623. The molecule has 0 aromatic rings. The minimum atomic E-state index is -0.625. The molecule has 0 heterocycles. The summed E-state index contributed by atoms with van der Waals surface area (Å²) in [4.78, 5) is 0. The zero-order valence-electron chi connectivity index (χ0n) is 7.37. The van der Waals surface area contributed by atoms with Crippen molar-refractivity contribution in [1.82, 2.24) is 0 Å². The summed E-state index contributed by atoms with van der Waals surface area (Å²) in [6.07, 6.45) is 3.40. The van der Waals surface area contributed by atoms with Crippen molar-refractivity contribution in [2.24, 2.45) is 0 Å². The maximum absolute atomic E-state index is 12.6. The second kappa shape index (κ2) is 5.70. The van der Waals surface area contributed by atoms with Gasteiger partial charge in [0.05, 0.1) is 0 Å². The van der Waals surface area contributed by atoms with E-state index in [0.29, 0.717) is 12.0 Å². The monoisotopic (exact) mass is 172 g/mol. The van der Waals surface area contributed by atoms with Gasteiger partial charge in [0, 0.05) is 0 Å². The molecule has 0 spiro atoms. The Labute approximate surface area is 72.3 Å². The van der Waals surface area contributed by atoms with E-state index in [1.807, 2.05) is 6.92 Å². The molecule has 0 unspecified atom stereocenters. The van der Waals surface area contributed by atoms with Crippen LogP contribution < -0.4 is 0 Å². The second-order valence-electron chi connectivity index (χ2n) is 2.62. The van der Waals surface area contributed by atoms with Crippen molar-refractivity contribution in [3.63, 3.8) is 0 Å². The van der Waals surface area contributed by atoms with Crippen LogP contribution in [-0.4, -0.2) is 0 Å². The first kappa shape index (κ1) is 11.1. The van der Waals surface area contributed by atoms with Crippen LogP contribution in [0.15, 0.2) is 36.5 Å². The van der Waals surface area contributed by atoms with Crippen LogP contribution in [-0.2, 0) is 0 Å². The number of hydrogen-bond acceptors (Lipinski definition) is 0. The highest BCUT2D eigenvalue weighted by Gasteiger charge is 2.01. The van der Waals surface area contributed by atoms with E-state index >= 15 is 0 Å². The Morgan fingerprint density at radius 2 is 1.92 bits per heavy atom. The molecule has 2 heteroatoms. The molecule has 0 rings (SSSR count). The van der Waals surface area contributed by atoms with Crippen molar-refractivity contribution in [3.8, 4) is 0 Å². The molecular weight excluding hydrogens is 158 g/mol. The van der Waals surface area contributed by atoms with E-state index in [2.05, 4.69) is 13.2 Å². The number of halogens is 2. The molecule has 0 saturated heterocycles. The molecule has 0 saturated carbocycles. The number of unbranched alkanes of at least 4 members (excludes halogenated alkanes) is 1. The van der Waals surface area contributed by atoms with Crippen molar-refractivity contribution in [2.75, 3.05) is 0 Å². The lowest BCUT2D eigenvalue weighted by Crippen LogP contribution is -1.84. The molecule has 0 aliphatic heterocycles. The molecule has 0 bridgehead atoms. The molecule has 0 aliphatic rings. The quantitative estimate of drug-likeness (QED) is 0.548. The molecule has 0 radical (unpaired) electrons. The summed E-state index contributed by atoms with van der Waals surface area (Å²) >= 11 is 0. The highest BCUT2D eigenvalue weighted by Crippen LogP contribution is 2.18. The van der Waals surface area contributed by atoms with Gasteiger partial charge in [-0.2, -0.15) is 0 Å². The van der Waals surface area contributed by atoms with Crippen molar-refractivity contribution in [1.29, 1.82) is 0 Å². The van der Waals surface area contributed by atoms with Gasteiger partial charge in [0.2, 0.25) is 0 Å². The average molecular weight is 172 g/mol. The molecule has 0 N–H and O–H groups in total. The van der Waals surface area contributed by atoms with Gasteiger partial charge in [-0.15, -0.1) is 0 Å².